The molecule has 2 N–H and O–H groups in total. The Labute approximate surface area is 148 Å². The van der Waals surface area contributed by atoms with E-state index in [9.17, 15) is 9.59 Å². The second-order valence-electron chi connectivity index (χ2n) is 4.72. The third-order valence-corrected chi connectivity index (χ3v) is 3.16. The smallest absolute Gasteiger partial charge is 0.335 e. The van der Waals surface area contributed by atoms with Crippen LogP contribution in [0.25, 0.3) is 0 Å². The van der Waals surface area contributed by atoms with E-state index in [0.717, 1.165) is 24.0 Å². The van der Waals surface area contributed by atoms with Crippen LogP contribution in [0.1, 0.15) is 45.7 Å². The molecule has 0 aliphatic heterocycles. The van der Waals surface area contributed by atoms with Crippen molar-refractivity contribution >= 4 is 11.9 Å². The number of carboxylic acids is 2. The number of rotatable bonds is 4. The molecule has 0 aromatic heterocycles. The molecule has 0 aliphatic rings. The fourth-order valence-electron chi connectivity index (χ4n) is 1.85. The molecule has 0 atom stereocenters. The standard InChI is InChI=1S/2C9H10O2.Zn/c2*1-2-7-4-3-5-8(6-7)9(10)11;/h2*3-6H,2H2,1H3,(H,10,11);. The summed E-state index contributed by atoms with van der Waals surface area (Å²) >= 11 is 0. The Morgan fingerprint density at radius 3 is 1.39 bits per heavy atom. The van der Waals surface area contributed by atoms with Gasteiger partial charge in [-0.05, 0) is 48.2 Å². The number of carbonyl (C=O) groups is 2. The second-order valence-corrected chi connectivity index (χ2v) is 4.72. The van der Waals surface area contributed by atoms with Crippen molar-refractivity contribution in [2.75, 3.05) is 0 Å². The first-order valence-electron chi connectivity index (χ1n) is 7.12. The van der Waals surface area contributed by atoms with Crippen molar-refractivity contribution in [3.8, 4) is 0 Å². The topological polar surface area (TPSA) is 74.6 Å². The first kappa shape index (κ1) is 21.0. The maximum atomic E-state index is 10.5. The van der Waals surface area contributed by atoms with Crippen molar-refractivity contribution in [2.45, 2.75) is 26.7 Å². The van der Waals surface area contributed by atoms with Crippen LogP contribution in [0.3, 0.4) is 0 Å². The molecular formula is C18H20O4Zn. The Morgan fingerprint density at radius 2 is 1.13 bits per heavy atom. The molecule has 0 fully saturated rings. The van der Waals surface area contributed by atoms with E-state index in [1.165, 1.54) is 0 Å². The van der Waals surface area contributed by atoms with E-state index in [4.69, 9.17) is 10.2 Å². The molecule has 5 heteroatoms. The molecule has 0 spiro atoms. The quantitative estimate of drug-likeness (QED) is 0.806. The van der Waals surface area contributed by atoms with Gasteiger partial charge in [-0.2, -0.15) is 0 Å². The zero-order valence-corrected chi connectivity index (χ0v) is 16.4. The van der Waals surface area contributed by atoms with Gasteiger partial charge in [0.2, 0.25) is 0 Å². The van der Waals surface area contributed by atoms with Gasteiger partial charge in [-0.25, -0.2) is 9.59 Å². The average molecular weight is 366 g/mol. The van der Waals surface area contributed by atoms with Crippen LogP contribution in [-0.2, 0) is 32.3 Å². The maximum absolute atomic E-state index is 10.5. The molecule has 0 aliphatic carbocycles. The van der Waals surface area contributed by atoms with Crippen molar-refractivity contribution in [3.63, 3.8) is 0 Å². The summed E-state index contributed by atoms with van der Waals surface area (Å²) in [5.74, 6) is -1.72. The zero-order valence-electron chi connectivity index (χ0n) is 13.5. The van der Waals surface area contributed by atoms with Gasteiger partial charge < -0.3 is 10.2 Å². The largest absolute Gasteiger partial charge is 0.478 e. The molecule has 23 heavy (non-hydrogen) atoms. The number of aromatic carboxylic acids is 2. The molecule has 118 valence electrons. The van der Waals surface area contributed by atoms with E-state index in [1.807, 2.05) is 26.0 Å². The Balaban J connectivity index is 0.000000403. The van der Waals surface area contributed by atoms with Crippen LogP contribution in [0.2, 0.25) is 0 Å². The van der Waals surface area contributed by atoms with Gasteiger partial charge in [0.05, 0.1) is 11.1 Å². The van der Waals surface area contributed by atoms with Crippen LogP contribution in [0, 0.1) is 0 Å². The minimum atomic E-state index is -0.861. The van der Waals surface area contributed by atoms with Gasteiger partial charge in [0, 0.05) is 19.5 Å². The van der Waals surface area contributed by atoms with Crippen LogP contribution < -0.4 is 0 Å². The summed E-state index contributed by atoms with van der Waals surface area (Å²) in [6, 6.07) is 14.0. The molecule has 0 bridgehead atoms. The van der Waals surface area contributed by atoms with Crippen molar-refractivity contribution in [1.82, 2.24) is 0 Å². The normalized spacial score (nSPS) is 9.13. The van der Waals surface area contributed by atoms with Gasteiger partial charge in [-0.15, -0.1) is 0 Å². The van der Waals surface area contributed by atoms with E-state index in [1.54, 1.807) is 36.4 Å². The van der Waals surface area contributed by atoms with E-state index >= 15 is 0 Å². The summed E-state index contributed by atoms with van der Waals surface area (Å²) in [6.45, 7) is 4.00. The third kappa shape index (κ3) is 7.20. The van der Waals surface area contributed by atoms with Gasteiger partial charge in [0.15, 0.2) is 0 Å². The van der Waals surface area contributed by atoms with Crippen molar-refractivity contribution in [1.29, 1.82) is 0 Å². The van der Waals surface area contributed by atoms with Gasteiger partial charge in [0.1, 0.15) is 0 Å². The molecular weight excluding hydrogens is 346 g/mol. The van der Waals surface area contributed by atoms with Crippen molar-refractivity contribution in [2.24, 2.45) is 0 Å². The van der Waals surface area contributed by atoms with Gasteiger partial charge >= 0.3 is 11.9 Å². The van der Waals surface area contributed by atoms with Crippen LogP contribution in [-0.4, -0.2) is 22.2 Å². The number of hydrogen-bond donors (Lipinski definition) is 2. The summed E-state index contributed by atoms with van der Waals surface area (Å²) in [4.78, 5) is 20.9. The second kappa shape index (κ2) is 10.7. The summed E-state index contributed by atoms with van der Waals surface area (Å²) in [7, 11) is 0. The van der Waals surface area contributed by atoms with Crippen LogP contribution in [0.15, 0.2) is 48.5 Å². The molecule has 2 aromatic rings. The van der Waals surface area contributed by atoms with Gasteiger partial charge in [-0.3, -0.25) is 0 Å². The van der Waals surface area contributed by atoms with E-state index in [0.29, 0.717) is 11.1 Å². The minimum absolute atomic E-state index is 0. The molecule has 0 heterocycles. The summed E-state index contributed by atoms with van der Waals surface area (Å²) in [5.41, 5.74) is 2.85. The number of hydrogen-bond acceptors (Lipinski definition) is 2. The number of benzene rings is 2. The predicted octanol–water partition coefficient (Wildman–Crippen LogP) is 3.89. The summed E-state index contributed by atoms with van der Waals surface area (Å²) in [5, 5.41) is 17.2. The summed E-state index contributed by atoms with van der Waals surface area (Å²) in [6.07, 6.45) is 1.75. The summed E-state index contributed by atoms with van der Waals surface area (Å²) < 4.78 is 0. The van der Waals surface area contributed by atoms with E-state index in [-0.39, 0.29) is 19.5 Å². The Kier molecular flexibility index (Phi) is 9.76. The predicted molar refractivity (Wildman–Crippen MR) is 85.6 cm³/mol. The Morgan fingerprint density at radius 1 is 0.783 bits per heavy atom. The number of carboxylic acid groups (broad SMARTS) is 2. The minimum Gasteiger partial charge on any atom is -0.478 e. The monoisotopic (exact) mass is 364 g/mol. The van der Waals surface area contributed by atoms with Gasteiger partial charge in [0.25, 0.3) is 0 Å². The maximum Gasteiger partial charge on any atom is 0.335 e. The average Bonchev–Trinajstić information content (AvgIpc) is 2.55. The first-order valence-corrected chi connectivity index (χ1v) is 7.12. The Bertz CT molecular complexity index is 595. The molecule has 0 saturated carbocycles. The van der Waals surface area contributed by atoms with Crippen LogP contribution in [0.4, 0.5) is 0 Å². The molecule has 0 radical (unpaired) electrons. The molecule has 2 rings (SSSR count). The Hall–Kier alpha value is -2.00. The van der Waals surface area contributed by atoms with Crippen LogP contribution in [0.5, 0.6) is 0 Å². The molecule has 0 saturated heterocycles. The van der Waals surface area contributed by atoms with E-state index in [2.05, 4.69) is 0 Å². The fraction of sp³-hybridized carbons (Fsp3) is 0.222. The zero-order chi connectivity index (χ0) is 16.5. The molecule has 2 aromatic carbocycles. The van der Waals surface area contributed by atoms with Crippen molar-refractivity contribution in [3.05, 3.63) is 70.8 Å². The SMILES string of the molecule is CCc1cccc(C(=O)O)c1.CCc1cccc(C(=O)O)c1.[Zn]. The number of aryl methyl sites for hydroxylation is 2. The van der Waals surface area contributed by atoms with Crippen LogP contribution >= 0.6 is 0 Å². The first-order chi connectivity index (χ1) is 10.5. The van der Waals surface area contributed by atoms with Gasteiger partial charge in [-0.1, -0.05) is 38.1 Å². The molecule has 0 unspecified atom stereocenters. The fourth-order valence-corrected chi connectivity index (χ4v) is 1.85. The molecule has 0 amide bonds. The molecule has 4 nitrogen and oxygen atoms in total. The van der Waals surface area contributed by atoms with Crippen molar-refractivity contribution < 1.29 is 39.3 Å². The third-order valence-electron chi connectivity index (χ3n) is 3.16. The van der Waals surface area contributed by atoms with E-state index < -0.39 is 11.9 Å².